The van der Waals surface area contributed by atoms with Crippen molar-refractivity contribution in [3.8, 4) is 0 Å². The number of carboxylic acids is 1. The lowest BCUT2D eigenvalue weighted by atomic mass is 9.93. The van der Waals surface area contributed by atoms with Crippen molar-refractivity contribution in [3.63, 3.8) is 0 Å². The number of carboxylic acid groups (broad SMARTS) is 1. The highest BCUT2D eigenvalue weighted by Gasteiger charge is 2.27. The summed E-state index contributed by atoms with van der Waals surface area (Å²) >= 11 is 0. The molecule has 0 heterocycles. The quantitative estimate of drug-likeness (QED) is 0.142. The number of hydrogen-bond acceptors (Lipinski definition) is 3. The molecule has 0 aromatic heterocycles. The molecule has 35 heavy (non-hydrogen) atoms. The average Bonchev–Trinajstić information content (AvgIpc) is 2.85. The number of unbranched alkanes of at least 4 members (excludes halogenated alkanes) is 14. The summed E-state index contributed by atoms with van der Waals surface area (Å²) in [6, 6.07) is 10.0. The first-order valence-electron chi connectivity index (χ1n) is 14.6. The Kier molecular flexibility index (Phi) is 19.8. The van der Waals surface area contributed by atoms with E-state index in [1.807, 2.05) is 37.3 Å². The summed E-state index contributed by atoms with van der Waals surface area (Å²) in [4.78, 5) is 11.4. The number of rotatable bonds is 24. The Morgan fingerprint density at radius 2 is 1.26 bits per heavy atom. The van der Waals surface area contributed by atoms with Gasteiger partial charge in [-0.15, -0.1) is 0 Å². The van der Waals surface area contributed by atoms with Crippen molar-refractivity contribution in [1.82, 2.24) is 0 Å². The monoisotopic (exact) mass is 490 g/mol. The van der Waals surface area contributed by atoms with E-state index >= 15 is 0 Å². The molecule has 0 saturated heterocycles. The highest BCUT2D eigenvalue weighted by molar-refractivity contribution is 5.70. The number of aliphatic carboxylic acids is 1. The molecule has 1 aromatic rings. The lowest BCUT2D eigenvalue weighted by Crippen LogP contribution is -2.32. The molecule has 4 heteroatoms. The lowest BCUT2D eigenvalue weighted by Gasteiger charge is -2.24. The van der Waals surface area contributed by atoms with Gasteiger partial charge in [0, 0.05) is 6.42 Å². The number of aliphatic hydroxyl groups is 1. The van der Waals surface area contributed by atoms with E-state index in [1.54, 1.807) is 0 Å². The van der Waals surface area contributed by atoms with E-state index in [1.165, 1.54) is 89.9 Å². The Labute approximate surface area is 215 Å². The molecule has 2 N–H and O–H groups in total. The molecular formula is C31H54O4. The Morgan fingerprint density at radius 1 is 0.771 bits per heavy atom. The third kappa shape index (κ3) is 16.8. The molecule has 0 fully saturated rings. The van der Waals surface area contributed by atoms with Gasteiger partial charge < -0.3 is 14.9 Å². The minimum atomic E-state index is -0.922. The molecule has 3 atom stereocenters. The third-order valence-electron chi connectivity index (χ3n) is 7.18. The molecular weight excluding hydrogens is 436 g/mol. The van der Waals surface area contributed by atoms with Crippen molar-refractivity contribution in [2.24, 2.45) is 5.92 Å². The van der Waals surface area contributed by atoms with Crippen molar-refractivity contribution >= 4 is 5.97 Å². The van der Waals surface area contributed by atoms with Crippen molar-refractivity contribution in [2.75, 3.05) is 0 Å². The van der Waals surface area contributed by atoms with Gasteiger partial charge in [0.15, 0.2) is 0 Å². The van der Waals surface area contributed by atoms with E-state index in [9.17, 15) is 15.0 Å². The molecule has 1 rings (SSSR count). The number of carbonyl (C=O) groups is 1. The van der Waals surface area contributed by atoms with Gasteiger partial charge in [-0.1, -0.05) is 140 Å². The Balaban J connectivity index is 2.18. The Hall–Kier alpha value is -1.39. The second kappa shape index (κ2) is 21.9. The predicted molar refractivity (Wildman–Crippen MR) is 147 cm³/mol. The zero-order chi connectivity index (χ0) is 25.6. The minimum absolute atomic E-state index is 0.111. The average molecular weight is 491 g/mol. The molecule has 4 nitrogen and oxygen atoms in total. The van der Waals surface area contributed by atoms with E-state index in [0.29, 0.717) is 19.4 Å². The molecule has 0 bridgehead atoms. The number of benzene rings is 1. The summed E-state index contributed by atoms with van der Waals surface area (Å²) in [5, 5.41) is 19.9. The predicted octanol–water partition coefficient (Wildman–Crippen LogP) is 8.70. The van der Waals surface area contributed by atoms with Crippen LogP contribution in [-0.2, 0) is 16.1 Å². The number of hydrogen-bond donors (Lipinski definition) is 2. The zero-order valence-electron chi connectivity index (χ0n) is 22.8. The van der Waals surface area contributed by atoms with Crippen LogP contribution in [0.25, 0.3) is 0 Å². The van der Waals surface area contributed by atoms with Gasteiger partial charge in [-0.05, 0) is 18.4 Å². The Morgan fingerprint density at radius 3 is 1.71 bits per heavy atom. The molecule has 0 aliphatic rings. The highest BCUT2D eigenvalue weighted by atomic mass is 16.5. The number of ether oxygens (including phenoxy) is 1. The summed E-state index contributed by atoms with van der Waals surface area (Å²) in [6.45, 7) is 4.59. The van der Waals surface area contributed by atoms with Gasteiger partial charge in [0.05, 0.1) is 24.7 Å². The lowest BCUT2D eigenvalue weighted by molar-refractivity contribution is -0.147. The van der Waals surface area contributed by atoms with Crippen LogP contribution < -0.4 is 0 Å². The van der Waals surface area contributed by atoms with Gasteiger partial charge in [-0.3, -0.25) is 4.79 Å². The molecule has 0 unspecified atom stereocenters. The Bertz CT molecular complexity index is 603. The van der Waals surface area contributed by atoms with Crippen LogP contribution in [0.5, 0.6) is 0 Å². The van der Waals surface area contributed by atoms with Crippen LogP contribution in [-0.4, -0.2) is 28.4 Å². The van der Waals surface area contributed by atoms with E-state index in [4.69, 9.17) is 4.74 Å². The van der Waals surface area contributed by atoms with Crippen LogP contribution in [0.15, 0.2) is 30.3 Å². The van der Waals surface area contributed by atoms with Crippen LogP contribution in [0.2, 0.25) is 0 Å². The van der Waals surface area contributed by atoms with Gasteiger partial charge in [0.1, 0.15) is 0 Å². The van der Waals surface area contributed by atoms with Crippen molar-refractivity contribution in [3.05, 3.63) is 35.9 Å². The molecule has 1 aromatic carbocycles. The fourth-order valence-electron chi connectivity index (χ4n) is 4.85. The molecule has 0 spiro atoms. The summed E-state index contributed by atoms with van der Waals surface area (Å²) in [7, 11) is 0. The molecule has 0 radical (unpaired) electrons. The largest absolute Gasteiger partial charge is 0.481 e. The van der Waals surface area contributed by atoms with Gasteiger partial charge in [-0.2, -0.15) is 0 Å². The standard InChI is InChI=1S/C31H54O4/c1-3-5-6-7-8-9-10-11-12-13-14-15-16-17-21-24-28(25-30(32)29(4-2)31(33)34)35-26-27-22-19-18-20-23-27/h18-20,22-23,28-30,32H,3-17,21,24-26H2,1-2H3,(H,33,34)/t28-,29+,30+/m1/s1. The summed E-state index contributed by atoms with van der Waals surface area (Å²) in [5.74, 6) is -1.65. The fraction of sp³-hybridized carbons (Fsp3) is 0.774. The third-order valence-corrected chi connectivity index (χ3v) is 7.18. The topological polar surface area (TPSA) is 66.8 Å². The molecule has 202 valence electrons. The molecule has 0 saturated carbocycles. The zero-order valence-corrected chi connectivity index (χ0v) is 22.8. The van der Waals surface area contributed by atoms with Crippen molar-refractivity contribution < 1.29 is 19.7 Å². The second-order valence-electron chi connectivity index (χ2n) is 10.3. The van der Waals surface area contributed by atoms with Gasteiger partial charge >= 0.3 is 5.97 Å². The van der Waals surface area contributed by atoms with Crippen LogP contribution in [0.1, 0.15) is 135 Å². The van der Waals surface area contributed by atoms with E-state index < -0.39 is 18.0 Å². The SMILES string of the molecule is CCCCCCCCCCCCCCCCC[C@H](C[C@H](O)[C@H](CC)C(=O)O)OCc1ccccc1. The van der Waals surface area contributed by atoms with Crippen molar-refractivity contribution in [1.29, 1.82) is 0 Å². The maximum atomic E-state index is 11.4. The summed E-state index contributed by atoms with van der Waals surface area (Å²) in [5.41, 5.74) is 1.11. The fourth-order valence-corrected chi connectivity index (χ4v) is 4.85. The van der Waals surface area contributed by atoms with Gasteiger partial charge in [0.2, 0.25) is 0 Å². The molecule has 0 aliphatic heterocycles. The summed E-state index contributed by atoms with van der Waals surface area (Å²) < 4.78 is 6.14. The van der Waals surface area contributed by atoms with E-state index in [2.05, 4.69) is 6.92 Å². The molecule has 0 amide bonds. The summed E-state index contributed by atoms with van der Waals surface area (Å²) in [6.07, 6.45) is 20.8. The van der Waals surface area contributed by atoms with Crippen LogP contribution in [0.4, 0.5) is 0 Å². The van der Waals surface area contributed by atoms with E-state index in [-0.39, 0.29) is 6.10 Å². The van der Waals surface area contributed by atoms with E-state index in [0.717, 1.165) is 18.4 Å². The molecule has 0 aliphatic carbocycles. The number of aliphatic hydroxyl groups excluding tert-OH is 1. The maximum absolute atomic E-state index is 11.4. The van der Waals surface area contributed by atoms with Crippen molar-refractivity contribution in [2.45, 2.75) is 148 Å². The first kappa shape index (κ1) is 31.6. The van der Waals surface area contributed by atoms with Crippen LogP contribution >= 0.6 is 0 Å². The minimum Gasteiger partial charge on any atom is -0.481 e. The normalized spacial score (nSPS) is 14.0. The first-order valence-corrected chi connectivity index (χ1v) is 14.6. The maximum Gasteiger partial charge on any atom is 0.309 e. The first-order chi connectivity index (χ1) is 17.1. The second-order valence-corrected chi connectivity index (χ2v) is 10.3. The van der Waals surface area contributed by atoms with Crippen LogP contribution in [0.3, 0.4) is 0 Å². The highest BCUT2D eigenvalue weighted by Crippen LogP contribution is 2.21. The van der Waals surface area contributed by atoms with Gasteiger partial charge in [0.25, 0.3) is 0 Å². The van der Waals surface area contributed by atoms with Gasteiger partial charge in [-0.25, -0.2) is 0 Å². The smallest absolute Gasteiger partial charge is 0.309 e. The van der Waals surface area contributed by atoms with Crippen LogP contribution in [0, 0.1) is 5.92 Å².